The largest absolute Gasteiger partial charge is 0.417 e. The number of nitrogens with two attached hydrogens (primary N) is 2. The van der Waals surface area contributed by atoms with E-state index < -0.39 is 17.6 Å². The minimum absolute atomic E-state index is 0.0390. The number of hydrogen-bond acceptors (Lipinski definition) is 5. The van der Waals surface area contributed by atoms with Gasteiger partial charge in [-0.15, -0.1) is 11.3 Å². The van der Waals surface area contributed by atoms with E-state index in [-0.39, 0.29) is 26.5 Å². The van der Waals surface area contributed by atoms with Gasteiger partial charge in [0.05, 0.1) is 11.3 Å². The number of aromatic nitrogens is 1. The van der Waals surface area contributed by atoms with Crippen molar-refractivity contribution in [2.24, 2.45) is 5.73 Å². The van der Waals surface area contributed by atoms with E-state index in [4.69, 9.17) is 11.5 Å². The number of carbonyl (C=O) groups excluding carboxylic acids is 1. The third-order valence-corrected chi connectivity index (χ3v) is 5.39. The minimum Gasteiger partial charge on any atom is -0.397 e. The Morgan fingerprint density at radius 2 is 1.86 bits per heavy atom. The topological polar surface area (TPSA) is 94.0 Å². The van der Waals surface area contributed by atoms with Crippen LogP contribution in [0, 0.1) is 6.92 Å². The Hall–Kier alpha value is -2.65. The Balaban J connectivity index is 1.79. The summed E-state index contributed by atoms with van der Waals surface area (Å²) in [5, 5.41) is 2.49. The first-order valence-electron chi connectivity index (χ1n) is 8.53. The van der Waals surface area contributed by atoms with Crippen LogP contribution in [0.2, 0.25) is 0 Å². The lowest BCUT2D eigenvalue weighted by Gasteiger charge is -2.09. The molecule has 0 saturated heterocycles. The van der Waals surface area contributed by atoms with Crippen molar-refractivity contribution in [3.05, 3.63) is 57.6 Å². The average molecular weight is 408 g/mol. The maximum atomic E-state index is 13.3. The molecule has 0 saturated carbocycles. The van der Waals surface area contributed by atoms with Crippen molar-refractivity contribution in [1.29, 1.82) is 0 Å². The highest BCUT2D eigenvalue weighted by Crippen LogP contribution is 2.42. The molecule has 0 unspecified atom stereocenters. The van der Waals surface area contributed by atoms with E-state index in [1.807, 2.05) is 24.3 Å². The van der Waals surface area contributed by atoms with Crippen LogP contribution in [0.5, 0.6) is 0 Å². The van der Waals surface area contributed by atoms with Crippen molar-refractivity contribution < 1.29 is 18.0 Å². The molecule has 0 bridgehead atoms. The molecule has 3 aromatic rings. The second kappa shape index (κ2) is 7.76. The summed E-state index contributed by atoms with van der Waals surface area (Å²) < 4.78 is 40.0. The number of thiophene rings is 1. The van der Waals surface area contributed by atoms with E-state index in [0.717, 1.165) is 28.5 Å². The van der Waals surface area contributed by atoms with Gasteiger partial charge in [0.2, 0.25) is 0 Å². The summed E-state index contributed by atoms with van der Waals surface area (Å²) in [6, 6.07) is 8.61. The minimum atomic E-state index is -4.58. The Morgan fingerprint density at radius 1 is 1.21 bits per heavy atom. The molecule has 0 aliphatic carbocycles. The number of benzene rings is 1. The van der Waals surface area contributed by atoms with Gasteiger partial charge < -0.3 is 16.8 Å². The number of nitrogens with one attached hydrogen (secondary N) is 1. The van der Waals surface area contributed by atoms with E-state index in [1.165, 1.54) is 6.92 Å². The number of nitrogens with zero attached hydrogens (tertiary/aromatic N) is 1. The third kappa shape index (κ3) is 4.10. The molecule has 1 amide bonds. The van der Waals surface area contributed by atoms with Crippen molar-refractivity contribution in [3.8, 4) is 0 Å². The quantitative estimate of drug-likeness (QED) is 0.601. The van der Waals surface area contributed by atoms with Crippen LogP contribution < -0.4 is 16.8 Å². The number of rotatable bonds is 5. The predicted molar refractivity (Wildman–Crippen MR) is 104 cm³/mol. The number of pyridine rings is 1. The lowest BCUT2D eigenvalue weighted by molar-refractivity contribution is -0.136. The Morgan fingerprint density at radius 3 is 2.46 bits per heavy atom. The van der Waals surface area contributed by atoms with Gasteiger partial charge in [-0.25, -0.2) is 4.98 Å². The van der Waals surface area contributed by atoms with E-state index in [0.29, 0.717) is 19.5 Å². The molecule has 0 spiro atoms. The first-order chi connectivity index (χ1) is 13.2. The summed E-state index contributed by atoms with van der Waals surface area (Å²) >= 11 is 0.866. The molecular formula is C19H19F3N4OS. The highest BCUT2D eigenvalue weighted by Gasteiger charge is 2.35. The summed E-state index contributed by atoms with van der Waals surface area (Å²) in [5.41, 5.74) is 12.6. The molecule has 148 valence electrons. The molecule has 0 aliphatic heterocycles. The first-order valence-corrected chi connectivity index (χ1v) is 9.35. The monoisotopic (exact) mass is 408 g/mol. The van der Waals surface area contributed by atoms with Gasteiger partial charge in [0.25, 0.3) is 5.91 Å². The molecule has 0 aliphatic rings. The molecule has 9 heteroatoms. The molecule has 0 atom stereocenters. The number of anilines is 1. The standard InChI is InChI=1S/C19H19F3N4OS/c1-10-8-13(19(20,21)22)14-15(24)16(28-18(14)26-10)17(27)25-7-6-11-2-4-12(9-23)5-3-11/h2-5,8H,6-7,9,23-24H2,1H3,(H,25,27). The highest BCUT2D eigenvalue weighted by molar-refractivity contribution is 7.21. The van der Waals surface area contributed by atoms with Crippen LogP contribution in [0.1, 0.15) is 32.1 Å². The molecule has 5 N–H and O–H groups in total. The Kier molecular flexibility index (Phi) is 5.57. The number of halogens is 3. The van der Waals surface area contributed by atoms with Gasteiger partial charge in [-0.3, -0.25) is 4.79 Å². The summed E-state index contributed by atoms with van der Waals surface area (Å²) in [5.74, 6) is -0.509. The van der Waals surface area contributed by atoms with E-state index >= 15 is 0 Å². The van der Waals surface area contributed by atoms with Crippen molar-refractivity contribution in [2.75, 3.05) is 12.3 Å². The smallest absolute Gasteiger partial charge is 0.397 e. The SMILES string of the molecule is Cc1cc(C(F)(F)F)c2c(N)c(C(=O)NCCc3ccc(CN)cc3)sc2n1. The summed E-state index contributed by atoms with van der Waals surface area (Å²) in [6.45, 7) is 2.25. The van der Waals surface area contributed by atoms with Gasteiger partial charge in [-0.05, 0) is 30.5 Å². The molecule has 3 rings (SSSR count). The number of hydrogen-bond donors (Lipinski definition) is 3. The second-order valence-electron chi connectivity index (χ2n) is 6.36. The molecule has 0 fully saturated rings. The Labute approximate surface area is 163 Å². The van der Waals surface area contributed by atoms with Gasteiger partial charge in [-0.2, -0.15) is 13.2 Å². The third-order valence-electron chi connectivity index (χ3n) is 4.30. The van der Waals surface area contributed by atoms with Crippen molar-refractivity contribution in [1.82, 2.24) is 10.3 Å². The van der Waals surface area contributed by atoms with Crippen molar-refractivity contribution in [2.45, 2.75) is 26.1 Å². The van der Waals surface area contributed by atoms with Crippen LogP contribution in [0.25, 0.3) is 10.2 Å². The van der Waals surface area contributed by atoms with Crippen LogP contribution in [0.4, 0.5) is 18.9 Å². The number of aryl methyl sites for hydroxylation is 1. The summed E-state index contributed by atoms with van der Waals surface area (Å²) in [4.78, 5) is 16.7. The fourth-order valence-corrected chi connectivity index (χ4v) is 3.96. The van der Waals surface area contributed by atoms with Gasteiger partial charge in [-0.1, -0.05) is 24.3 Å². The number of amides is 1. The molecule has 0 radical (unpaired) electrons. The highest BCUT2D eigenvalue weighted by atomic mass is 32.1. The van der Waals surface area contributed by atoms with Crippen LogP contribution >= 0.6 is 11.3 Å². The van der Waals surface area contributed by atoms with Crippen LogP contribution in [-0.2, 0) is 19.1 Å². The first kappa shape index (κ1) is 20.1. The summed E-state index contributed by atoms with van der Waals surface area (Å²) in [6.07, 6.45) is -4.00. The number of fused-ring (bicyclic) bond motifs is 1. The maximum absolute atomic E-state index is 13.3. The number of carbonyl (C=O) groups is 1. The van der Waals surface area contributed by atoms with Crippen molar-refractivity contribution in [3.63, 3.8) is 0 Å². The Bertz CT molecular complexity index is 1010. The fraction of sp³-hybridized carbons (Fsp3) is 0.263. The van der Waals surface area contributed by atoms with E-state index in [1.54, 1.807) is 0 Å². The second-order valence-corrected chi connectivity index (χ2v) is 7.36. The molecule has 5 nitrogen and oxygen atoms in total. The van der Waals surface area contributed by atoms with Crippen LogP contribution in [-0.4, -0.2) is 17.4 Å². The maximum Gasteiger partial charge on any atom is 0.417 e. The van der Waals surface area contributed by atoms with Crippen LogP contribution in [0.15, 0.2) is 30.3 Å². The predicted octanol–water partition coefficient (Wildman–Crippen LogP) is 3.64. The normalized spacial score (nSPS) is 11.8. The molecule has 2 aromatic heterocycles. The van der Waals surface area contributed by atoms with Crippen molar-refractivity contribution >= 4 is 33.1 Å². The van der Waals surface area contributed by atoms with Crippen LogP contribution in [0.3, 0.4) is 0 Å². The zero-order valence-corrected chi connectivity index (χ0v) is 15.9. The fourth-order valence-electron chi connectivity index (χ4n) is 2.88. The molecular weight excluding hydrogens is 389 g/mol. The van der Waals surface area contributed by atoms with E-state index in [9.17, 15) is 18.0 Å². The molecule has 28 heavy (non-hydrogen) atoms. The molecule has 2 heterocycles. The van der Waals surface area contributed by atoms with Gasteiger partial charge in [0.1, 0.15) is 9.71 Å². The molecule has 1 aromatic carbocycles. The van der Waals surface area contributed by atoms with Gasteiger partial charge in [0.15, 0.2) is 0 Å². The lowest BCUT2D eigenvalue weighted by Crippen LogP contribution is -2.25. The summed E-state index contributed by atoms with van der Waals surface area (Å²) in [7, 11) is 0. The zero-order valence-electron chi connectivity index (χ0n) is 15.1. The van der Waals surface area contributed by atoms with Gasteiger partial charge in [0, 0.05) is 24.2 Å². The van der Waals surface area contributed by atoms with Gasteiger partial charge >= 0.3 is 6.18 Å². The zero-order chi connectivity index (χ0) is 20.5. The lowest BCUT2D eigenvalue weighted by atomic mass is 10.1. The number of alkyl halides is 3. The van der Waals surface area contributed by atoms with E-state index in [2.05, 4.69) is 10.3 Å². The average Bonchev–Trinajstić information content (AvgIpc) is 2.97. The number of nitrogen functional groups attached to an aromatic ring is 1.